The maximum absolute atomic E-state index is 12.8. The third-order valence-corrected chi connectivity index (χ3v) is 4.91. The standard InChI is InChI=1S/C21H29N5O2/c1-15(12-19-13-16(2)24-25-19)22-21(28)23-18-9-7-8-17(14-18)20(27)26-10-5-3-4-6-11-26/h7-9,13-15H,3-6,10-12H2,1-2H3,(H,24,25)(H2,22,23,28)/t15-/m0/s1. The average Bonchev–Trinajstić information content (AvgIpc) is 2.91. The molecule has 1 saturated heterocycles. The van der Waals surface area contributed by atoms with Gasteiger partial charge in [0.2, 0.25) is 0 Å². The van der Waals surface area contributed by atoms with Crippen LogP contribution >= 0.6 is 0 Å². The maximum atomic E-state index is 12.8. The van der Waals surface area contributed by atoms with E-state index in [1.165, 1.54) is 12.8 Å². The van der Waals surface area contributed by atoms with E-state index in [1.54, 1.807) is 24.3 Å². The van der Waals surface area contributed by atoms with E-state index in [0.29, 0.717) is 17.7 Å². The number of amides is 3. The number of H-pyrrole nitrogens is 1. The van der Waals surface area contributed by atoms with Gasteiger partial charge in [0.05, 0.1) is 5.69 Å². The number of rotatable bonds is 5. The first-order valence-electron chi connectivity index (χ1n) is 9.99. The molecule has 1 fully saturated rings. The highest BCUT2D eigenvalue weighted by atomic mass is 16.2. The van der Waals surface area contributed by atoms with Crippen molar-refractivity contribution in [2.75, 3.05) is 18.4 Å². The van der Waals surface area contributed by atoms with E-state index in [9.17, 15) is 9.59 Å². The van der Waals surface area contributed by atoms with Crippen LogP contribution in [0.2, 0.25) is 0 Å². The van der Waals surface area contributed by atoms with E-state index >= 15 is 0 Å². The summed E-state index contributed by atoms with van der Waals surface area (Å²) in [6, 6.07) is 8.75. The van der Waals surface area contributed by atoms with Crippen molar-refractivity contribution in [2.45, 2.75) is 52.0 Å². The van der Waals surface area contributed by atoms with Gasteiger partial charge in [0.1, 0.15) is 0 Å². The molecule has 0 saturated carbocycles. The predicted molar refractivity (Wildman–Crippen MR) is 109 cm³/mol. The van der Waals surface area contributed by atoms with Crippen LogP contribution in [0, 0.1) is 6.92 Å². The Balaban J connectivity index is 1.55. The molecular formula is C21H29N5O2. The van der Waals surface area contributed by atoms with E-state index in [4.69, 9.17) is 0 Å². The fourth-order valence-corrected chi connectivity index (χ4v) is 3.52. The normalized spacial score (nSPS) is 15.6. The van der Waals surface area contributed by atoms with Crippen molar-refractivity contribution in [3.8, 4) is 0 Å². The van der Waals surface area contributed by atoms with E-state index in [2.05, 4.69) is 20.8 Å². The van der Waals surface area contributed by atoms with Crippen LogP contribution < -0.4 is 10.6 Å². The zero-order valence-corrected chi connectivity index (χ0v) is 16.6. The Bertz CT molecular complexity index is 809. The summed E-state index contributed by atoms with van der Waals surface area (Å²) in [7, 11) is 0. The van der Waals surface area contributed by atoms with Crippen molar-refractivity contribution in [3.05, 3.63) is 47.3 Å². The van der Waals surface area contributed by atoms with Gasteiger partial charge in [-0.05, 0) is 51.0 Å². The second-order valence-electron chi connectivity index (χ2n) is 7.53. The zero-order chi connectivity index (χ0) is 19.9. The molecule has 1 aromatic heterocycles. The van der Waals surface area contributed by atoms with Crippen molar-refractivity contribution in [2.24, 2.45) is 0 Å². The largest absolute Gasteiger partial charge is 0.339 e. The number of carbonyl (C=O) groups is 2. The Morgan fingerprint density at radius 1 is 1.18 bits per heavy atom. The smallest absolute Gasteiger partial charge is 0.319 e. The number of urea groups is 1. The number of nitrogens with zero attached hydrogens (tertiary/aromatic N) is 2. The lowest BCUT2D eigenvalue weighted by molar-refractivity contribution is 0.0761. The van der Waals surface area contributed by atoms with Gasteiger partial charge in [-0.3, -0.25) is 9.89 Å². The highest BCUT2D eigenvalue weighted by Crippen LogP contribution is 2.16. The van der Waals surface area contributed by atoms with Crippen LogP contribution in [0.5, 0.6) is 0 Å². The van der Waals surface area contributed by atoms with Crippen LogP contribution in [0.1, 0.15) is 54.4 Å². The fraction of sp³-hybridized carbons (Fsp3) is 0.476. The molecule has 3 amide bonds. The lowest BCUT2D eigenvalue weighted by Crippen LogP contribution is -2.37. The first kappa shape index (κ1) is 19.9. The van der Waals surface area contributed by atoms with E-state index < -0.39 is 0 Å². The number of hydrogen-bond donors (Lipinski definition) is 3. The minimum Gasteiger partial charge on any atom is -0.339 e. The summed E-state index contributed by atoms with van der Waals surface area (Å²) >= 11 is 0. The molecule has 0 aliphatic carbocycles. The van der Waals surface area contributed by atoms with Gasteiger partial charge in [0.25, 0.3) is 5.91 Å². The summed E-state index contributed by atoms with van der Waals surface area (Å²) in [5, 5.41) is 12.8. The van der Waals surface area contributed by atoms with Crippen LogP contribution in [-0.2, 0) is 6.42 Å². The second-order valence-corrected chi connectivity index (χ2v) is 7.53. The summed E-state index contributed by atoms with van der Waals surface area (Å²) in [4.78, 5) is 27.0. The molecular weight excluding hydrogens is 354 g/mol. The Morgan fingerprint density at radius 2 is 1.93 bits per heavy atom. The second kappa shape index (κ2) is 9.39. The van der Waals surface area contributed by atoms with Gasteiger partial charge in [0, 0.05) is 42.5 Å². The van der Waals surface area contributed by atoms with E-state index in [0.717, 1.165) is 37.3 Å². The minimum absolute atomic E-state index is 0.0354. The third-order valence-electron chi connectivity index (χ3n) is 4.91. The molecule has 7 nitrogen and oxygen atoms in total. The zero-order valence-electron chi connectivity index (χ0n) is 16.6. The molecule has 1 aliphatic rings. The number of hydrogen-bond acceptors (Lipinski definition) is 3. The maximum Gasteiger partial charge on any atom is 0.319 e. The molecule has 1 aromatic carbocycles. The van der Waals surface area contributed by atoms with Crippen molar-refractivity contribution in [1.29, 1.82) is 0 Å². The molecule has 1 atom stereocenters. The summed E-state index contributed by atoms with van der Waals surface area (Å²) in [5.74, 6) is 0.0354. The number of benzene rings is 1. The number of nitrogens with one attached hydrogen (secondary N) is 3. The lowest BCUT2D eigenvalue weighted by atomic mass is 10.1. The highest BCUT2D eigenvalue weighted by molar-refractivity contribution is 5.97. The fourth-order valence-electron chi connectivity index (χ4n) is 3.52. The molecule has 0 spiro atoms. The van der Waals surface area contributed by atoms with Gasteiger partial charge in [-0.1, -0.05) is 18.9 Å². The molecule has 0 bridgehead atoms. The molecule has 150 valence electrons. The number of likely N-dealkylation sites (tertiary alicyclic amines) is 1. The Hall–Kier alpha value is -2.83. The van der Waals surface area contributed by atoms with Gasteiger partial charge in [0.15, 0.2) is 0 Å². The third kappa shape index (κ3) is 5.58. The number of aromatic amines is 1. The van der Waals surface area contributed by atoms with Crippen LogP contribution in [-0.4, -0.2) is 46.2 Å². The van der Waals surface area contributed by atoms with Gasteiger partial charge >= 0.3 is 6.03 Å². The molecule has 7 heteroatoms. The Morgan fingerprint density at radius 3 is 2.61 bits per heavy atom. The number of aromatic nitrogens is 2. The van der Waals surface area contributed by atoms with Crippen molar-refractivity contribution in [3.63, 3.8) is 0 Å². The molecule has 1 aliphatic heterocycles. The SMILES string of the molecule is Cc1cc(C[C@H](C)NC(=O)Nc2cccc(C(=O)N3CCCCCC3)c2)n[nH]1. The van der Waals surface area contributed by atoms with Crippen molar-refractivity contribution >= 4 is 17.6 Å². The van der Waals surface area contributed by atoms with Crippen LogP contribution in [0.15, 0.2) is 30.3 Å². The highest BCUT2D eigenvalue weighted by Gasteiger charge is 2.18. The van der Waals surface area contributed by atoms with Crippen LogP contribution in [0.4, 0.5) is 10.5 Å². The van der Waals surface area contributed by atoms with Gasteiger partial charge in [-0.25, -0.2) is 4.79 Å². The number of anilines is 1. The molecule has 3 rings (SSSR count). The van der Waals surface area contributed by atoms with Crippen LogP contribution in [0.25, 0.3) is 0 Å². The predicted octanol–water partition coefficient (Wildman–Crippen LogP) is 3.49. The molecule has 0 unspecified atom stereocenters. The number of aryl methyl sites for hydroxylation is 1. The molecule has 2 heterocycles. The summed E-state index contributed by atoms with van der Waals surface area (Å²) in [5.41, 5.74) is 3.13. The van der Waals surface area contributed by atoms with Crippen molar-refractivity contribution < 1.29 is 9.59 Å². The summed E-state index contributed by atoms with van der Waals surface area (Å²) in [6.45, 7) is 5.49. The quantitative estimate of drug-likeness (QED) is 0.738. The van der Waals surface area contributed by atoms with Crippen LogP contribution in [0.3, 0.4) is 0 Å². The molecule has 2 aromatic rings. The molecule has 28 heavy (non-hydrogen) atoms. The van der Waals surface area contributed by atoms with Gasteiger partial charge in [-0.2, -0.15) is 5.10 Å². The van der Waals surface area contributed by atoms with E-state index in [1.807, 2.05) is 24.8 Å². The molecule has 0 radical (unpaired) electrons. The monoisotopic (exact) mass is 383 g/mol. The lowest BCUT2D eigenvalue weighted by Gasteiger charge is -2.20. The van der Waals surface area contributed by atoms with Gasteiger partial charge < -0.3 is 15.5 Å². The van der Waals surface area contributed by atoms with E-state index in [-0.39, 0.29) is 18.0 Å². The minimum atomic E-state index is -0.292. The van der Waals surface area contributed by atoms with Crippen molar-refractivity contribution in [1.82, 2.24) is 20.4 Å². The number of carbonyl (C=O) groups excluding carboxylic acids is 2. The summed E-state index contributed by atoms with van der Waals surface area (Å²) in [6.07, 6.45) is 5.12. The Labute approximate surface area is 165 Å². The Kier molecular flexibility index (Phi) is 6.68. The topological polar surface area (TPSA) is 90.1 Å². The summed E-state index contributed by atoms with van der Waals surface area (Å²) < 4.78 is 0. The molecule has 3 N–H and O–H groups in total. The average molecular weight is 383 g/mol. The first-order chi connectivity index (χ1) is 13.5. The van der Waals surface area contributed by atoms with Gasteiger partial charge in [-0.15, -0.1) is 0 Å². The first-order valence-corrected chi connectivity index (χ1v) is 9.99.